The van der Waals surface area contributed by atoms with E-state index in [0.717, 1.165) is 5.56 Å². The molecule has 8 nitrogen and oxygen atoms in total. The Hall–Kier alpha value is -3.55. The van der Waals surface area contributed by atoms with Crippen LogP contribution in [0.5, 0.6) is 17.2 Å². The number of amides is 2. The second kappa shape index (κ2) is 8.43. The molecule has 1 heterocycles. The Morgan fingerprint density at radius 2 is 1.61 bits per heavy atom. The summed E-state index contributed by atoms with van der Waals surface area (Å²) in [5.74, 6) is 1.11. The molecule has 0 aromatic heterocycles. The van der Waals surface area contributed by atoms with Crippen LogP contribution >= 0.6 is 0 Å². The highest BCUT2D eigenvalue weighted by molar-refractivity contribution is 6.10. The van der Waals surface area contributed by atoms with E-state index in [9.17, 15) is 9.59 Å². The van der Waals surface area contributed by atoms with Gasteiger partial charge in [0.15, 0.2) is 0 Å². The van der Waals surface area contributed by atoms with Gasteiger partial charge in [0.25, 0.3) is 5.91 Å². The van der Waals surface area contributed by atoms with Gasteiger partial charge < -0.3 is 14.2 Å². The van der Waals surface area contributed by atoms with E-state index in [1.54, 1.807) is 37.4 Å². The summed E-state index contributed by atoms with van der Waals surface area (Å²) in [5.41, 5.74) is 1.17. The Morgan fingerprint density at radius 1 is 1.00 bits per heavy atom. The van der Waals surface area contributed by atoms with Crippen LogP contribution < -0.4 is 24.8 Å². The number of carbonyl (C=O) groups is 2. The van der Waals surface area contributed by atoms with Crippen molar-refractivity contribution in [2.24, 2.45) is 4.99 Å². The van der Waals surface area contributed by atoms with Crippen molar-refractivity contribution in [2.45, 2.75) is 12.5 Å². The van der Waals surface area contributed by atoms with Crippen LogP contribution in [-0.4, -0.2) is 39.1 Å². The van der Waals surface area contributed by atoms with Gasteiger partial charge in [0.2, 0.25) is 11.9 Å². The fraction of sp³-hybridized carbons (Fsp3) is 0.250. The Morgan fingerprint density at radius 3 is 2.18 bits per heavy atom. The lowest BCUT2D eigenvalue weighted by Crippen LogP contribution is -2.47. The van der Waals surface area contributed by atoms with E-state index in [-0.39, 0.29) is 18.3 Å². The predicted octanol–water partition coefficient (Wildman–Crippen LogP) is 2.06. The molecule has 0 saturated carbocycles. The van der Waals surface area contributed by atoms with E-state index in [4.69, 9.17) is 14.2 Å². The number of aliphatic imine (C=N–C) groups is 1. The number of hydrogen-bond acceptors (Lipinski definition) is 6. The molecule has 0 bridgehead atoms. The maximum atomic E-state index is 12.6. The van der Waals surface area contributed by atoms with E-state index in [2.05, 4.69) is 15.6 Å². The Labute approximate surface area is 162 Å². The number of ether oxygens (including phenoxy) is 3. The van der Waals surface area contributed by atoms with Gasteiger partial charge in [-0.1, -0.05) is 12.1 Å². The lowest BCUT2D eigenvalue weighted by atomic mass is 10.0. The molecule has 2 amide bonds. The fourth-order valence-corrected chi connectivity index (χ4v) is 2.79. The largest absolute Gasteiger partial charge is 0.497 e. The summed E-state index contributed by atoms with van der Waals surface area (Å²) in [6.07, 6.45) is 0.193. The minimum atomic E-state index is -0.438. The van der Waals surface area contributed by atoms with Crippen LogP contribution in [0.2, 0.25) is 0 Å². The quantitative estimate of drug-likeness (QED) is 0.824. The highest BCUT2D eigenvalue weighted by atomic mass is 16.5. The molecule has 2 N–H and O–H groups in total. The third kappa shape index (κ3) is 4.40. The number of nitrogens with one attached hydrogen (secondary N) is 2. The molecule has 2 aromatic carbocycles. The normalized spacial score (nSPS) is 15.9. The van der Waals surface area contributed by atoms with Crippen molar-refractivity contribution >= 4 is 17.8 Å². The summed E-state index contributed by atoms with van der Waals surface area (Å²) in [6.45, 7) is 0. The molecule has 3 rings (SSSR count). The molecule has 1 aliphatic heterocycles. The molecule has 8 heteroatoms. The van der Waals surface area contributed by atoms with Gasteiger partial charge in [-0.15, -0.1) is 0 Å². The highest BCUT2D eigenvalue weighted by Crippen LogP contribution is 2.26. The average molecular weight is 383 g/mol. The minimum Gasteiger partial charge on any atom is -0.497 e. The van der Waals surface area contributed by atoms with Crippen molar-refractivity contribution in [1.82, 2.24) is 10.6 Å². The van der Waals surface area contributed by atoms with E-state index >= 15 is 0 Å². The smallest absolute Gasteiger partial charge is 0.258 e. The molecule has 0 fully saturated rings. The van der Waals surface area contributed by atoms with Gasteiger partial charge in [0.05, 0.1) is 33.8 Å². The molecule has 0 spiro atoms. The fourth-order valence-electron chi connectivity index (χ4n) is 2.79. The molecular formula is C20H21N3O5. The Balaban J connectivity index is 1.81. The minimum absolute atomic E-state index is 0.101. The van der Waals surface area contributed by atoms with Crippen LogP contribution in [0.1, 0.15) is 28.4 Å². The topological polar surface area (TPSA) is 98.3 Å². The van der Waals surface area contributed by atoms with Gasteiger partial charge >= 0.3 is 0 Å². The summed E-state index contributed by atoms with van der Waals surface area (Å²) in [6, 6.07) is 11.7. The number of benzene rings is 2. The molecule has 146 valence electrons. The average Bonchev–Trinajstić information content (AvgIpc) is 2.72. The van der Waals surface area contributed by atoms with E-state index in [0.29, 0.717) is 22.8 Å². The zero-order chi connectivity index (χ0) is 20.1. The lowest BCUT2D eigenvalue weighted by molar-refractivity contribution is -0.120. The van der Waals surface area contributed by atoms with E-state index in [1.807, 2.05) is 12.1 Å². The van der Waals surface area contributed by atoms with Crippen molar-refractivity contribution < 1.29 is 23.8 Å². The summed E-state index contributed by atoms with van der Waals surface area (Å²) in [4.78, 5) is 29.2. The van der Waals surface area contributed by atoms with Crippen LogP contribution in [0.3, 0.4) is 0 Å². The molecule has 1 unspecified atom stereocenters. The zero-order valence-corrected chi connectivity index (χ0v) is 15.8. The Kier molecular flexibility index (Phi) is 5.78. The van der Waals surface area contributed by atoms with E-state index in [1.165, 1.54) is 14.2 Å². The first-order valence-electron chi connectivity index (χ1n) is 8.58. The van der Waals surface area contributed by atoms with Crippen molar-refractivity contribution in [2.75, 3.05) is 21.3 Å². The van der Waals surface area contributed by atoms with Gasteiger partial charge in [-0.3, -0.25) is 20.2 Å². The van der Waals surface area contributed by atoms with Crippen LogP contribution in [0, 0.1) is 0 Å². The maximum Gasteiger partial charge on any atom is 0.258 e. The van der Waals surface area contributed by atoms with Crippen molar-refractivity contribution in [1.29, 1.82) is 0 Å². The molecule has 0 radical (unpaired) electrons. The summed E-state index contributed by atoms with van der Waals surface area (Å²) < 4.78 is 15.5. The van der Waals surface area contributed by atoms with E-state index < -0.39 is 11.9 Å². The van der Waals surface area contributed by atoms with Crippen molar-refractivity contribution in [3.8, 4) is 17.2 Å². The number of carbonyl (C=O) groups excluding carboxylic acids is 2. The standard InChI is InChI=1S/C20H21N3O5/c1-26-14-6-4-12(5-7-14)17-11-18(24)22-20(21-17)23-19(25)13-8-15(27-2)10-16(9-13)28-3/h4-10,17H,11H2,1-3H3,(H2,21,22,23,24,25). The van der Waals surface area contributed by atoms with Crippen molar-refractivity contribution in [3.05, 3.63) is 53.6 Å². The van der Waals surface area contributed by atoms with Crippen LogP contribution in [0.25, 0.3) is 0 Å². The van der Waals surface area contributed by atoms with Gasteiger partial charge in [0, 0.05) is 11.6 Å². The van der Waals surface area contributed by atoms with Gasteiger partial charge in [-0.25, -0.2) is 4.99 Å². The van der Waals surface area contributed by atoms with Crippen LogP contribution in [0.4, 0.5) is 0 Å². The van der Waals surface area contributed by atoms with Crippen molar-refractivity contribution in [3.63, 3.8) is 0 Å². The zero-order valence-electron chi connectivity index (χ0n) is 15.8. The first kappa shape index (κ1) is 19.2. The molecular weight excluding hydrogens is 362 g/mol. The second-order valence-electron chi connectivity index (χ2n) is 6.07. The third-order valence-corrected chi connectivity index (χ3v) is 4.27. The number of guanidine groups is 1. The lowest BCUT2D eigenvalue weighted by Gasteiger charge is -2.21. The number of rotatable bonds is 5. The summed E-state index contributed by atoms with van der Waals surface area (Å²) in [5, 5.41) is 5.22. The van der Waals surface area contributed by atoms with Gasteiger partial charge in [-0.05, 0) is 29.8 Å². The molecule has 1 atom stereocenters. The predicted molar refractivity (Wildman–Crippen MR) is 103 cm³/mol. The van der Waals surface area contributed by atoms with Gasteiger partial charge in [0.1, 0.15) is 17.2 Å². The monoisotopic (exact) mass is 383 g/mol. The molecule has 1 aliphatic rings. The first-order chi connectivity index (χ1) is 13.5. The number of nitrogens with zero attached hydrogens (tertiary/aromatic N) is 1. The Bertz CT molecular complexity index is 886. The molecule has 28 heavy (non-hydrogen) atoms. The molecule has 0 saturated heterocycles. The second-order valence-corrected chi connectivity index (χ2v) is 6.07. The highest BCUT2D eigenvalue weighted by Gasteiger charge is 2.24. The van der Waals surface area contributed by atoms with Crippen LogP contribution in [0.15, 0.2) is 47.5 Å². The summed E-state index contributed by atoms with van der Waals surface area (Å²) >= 11 is 0. The van der Waals surface area contributed by atoms with Gasteiger partial charge in [-0.2, -0.15) is 0 Å². The molecule has 2 aromatic rings. The first-order valence-corrected chi connectivity index (χ1v) is 8.58. The van der Waals surface area contributed by atoms with Crippen LogP contribution in [-0.2, 0) is 4.79 Å². The third-order valence-electron chi connectivity index (χ3n) is 4.27. The number of methoxy groups -OCH3 is 3. The molecule has 0 aliphatic carbocycles. The summed E-state index contributed by atoms with van der Waals surface area (Å²) in [7, 11) is 4.59. The number of hydrogen-bond donors (Lipinski definition) is 2. The SMILES string of the molecule is COc1ccc(C2CC(=O)NC(NC(=O)c3cc(OC)cc(OC)c3)=N2)cc1. The maximum absolute atomic E-state index is 12.6.